The molecule has 0 aliphatic rings. The molecular weight excluding hydrogens is 237 g/mol. The molecule has 0 heterocycles. The average molecular weight is 238 g/mol. The molecule has 5 heteroatoms. The zero-order chi connectivity index (χ0) is 5.21. The molecule has 0 aromatic heterocycles. The van der Waals surface area contributed by atoms with E-state index in [2.05, 4.69) is 0 Å². The summed E-state index contributed by atoms with van der Waals surface area (Å²) in [7, 11) is 0. The minimum atomic E-state index is -4.64. The van der Waals surface area contributed by atoms with E-state index in [1.807, 2.05) is 0 Å². The first-order valence-electron chi connectivity index (χ1n) is 1.09. The van der Waals surface area contributed by atoms with E-state index in [0.717, 1.165) is 0 Å². The van der Waals surface area contributed by atoms with Crippen LogP contribution in [0.4, 0.5) is 13.2 Å². The molecule has 0 saturated heterocycles. The Hall–Kier alpha value is 0.837. The predicted octanol–water partition coefficient (Wildman–Crippen LogP) is 0.748. The number of aldehydes is 1. The van der Waals surface area contributed by atoms with E-state index >= 15 is 0 Å². The van der Waals surface area contributed by atoms with Crippen LogP contribution >= 0.6 is 0 Å². The summed E-state index contributed by atoms with van der Waals surface area (Å²) >= 11 is 0. The van der Waals surface area contributed by atoms with Crippen LogP contribution in [-0.2, 0) is 4.79 Å². The smallest absolute Gasteiger partial charge is 0.293 e. The van der Waals surface area contributed by atoms with Crippen LogP contribution in [0.15, 0.2) is 0 Å². The van der Waals surface area contributed by atoms with Crippen LogP contribution in [-0.4, -0.2) is 12.5 Å². The molecule has 0 aromatic carbocycles. The molecule has 0 atom stereocenters. The minimum absolute atomic E-state index is 0. The molecule has 0 aromatic rings. The van der Waals surface area contributed by atoms with Crippen molar-refractivity contribution in [2.45, 2.75) is 6.18 Å². The molecule has 0 radical (unpaired) electrons. The molecule has 0 bridgehead atoms. The number of alkyl halides is 3. The second-order valence-electron chi connectivity index (χ2n) is 0.659. The van der Waals surface area contributed by atoms with Crippen molar-refractivity contribution in [3.63, 3.8) is 0 Å². The second kappa shape index (κ2) is 3.79. The number of carbonyl (C=O) groups is 1. The molecule has 7 heavy (non-hydrogen) atoms. The number of hydrogen-bond acceptors (Lipinski definition) is 1. The van der Waals surface area contributed by atoms with Crippen molar-refractivity contribution in [3.05, 3.63) is 0 Å². The molecule has 0 spiro atoms. The van der Waals surface area contributed by atoms with E-state index in [-0.39, 0.29) is 41.7 Å². The Kier molecular flexibility index (Phi) is 5.83. The van der Waals surface area contributed by atoms with Gasteiger partial charge in [-0.25, -0.2) is 0 Å². The fourth-order valence-electron chi connectivity index (χ4n) is 0. The van der Waals surface area contributed by atoms with E-state index < -0.39 is 12.5 Å². The molecule has 0 fully saturated rings. The van der Waals surface area contributed by atoms with Crippen LogP contribution in [0.1, 0.15) is 0 Å². The van der Waals surface area contributed by atoms with Crippen molar-refractivity contribution in [1.82, 2.24) is 0 Å². The van der Waals surface area contributed by atoms with Crippen LogP contribution < -0.4 is 0 Å². The Morgan fingerprint density at radius 1 is 1.29 bits per heavy atom. The van der Waals surface area contributed by atoms with Crippen molar-refractivity contribution in [1.29, 1.82) is 0 Å². The van der Waals surface area contributed by atoms with Gasteiger partial charge in [0, 0.05) is 41.7 Å². The Morgan fingerprint density at radius 3 is 1.43 bits per heavy atom. The summed E-state index contributed by atoms with van der Waals surface area (Å²) in [5.74, 6) is 0. The second-order valence-corrected chi connectivity index (χ2v) is 0.659. The van der Waals surface area contributed by atoms with Gasteiger partial charge in [0.25, 0.3) is 0 Å². The molecule has 0 aliphatic heterocycles. The summed E-state index contributed by atoms with van der Waals surface area (Å²) in [6, 6.07) is 0. The van der Waals surface area contributed by atoms with Crippen molar-refractivity contribution >= 4 is 6.29 Å². The summed E-state index contributed by atoms with van der Waals surface area (Å²) in [5.41, 5.74) is 0. The van der Waals surface area contributed by atoms with Gasteiger partial charge in [0.1, 0.15) is 0 Å². The van der Waals surface area contributed by atoms with Crippen LogP contribution in [0.2, 0.25) is 0 Å². The van der Waals surface area contributed by atoms with Crippen LogP contribution in [0.25, 0.3) is 0 Å². The summed E-state index contributed by atoms with van der Waals surface area (Å²) in [4.78, 5) is 8.70. The maximum absolute atomic E-state index is 10.4. The Balaban J connectivity index is 0. The molecule has 40 valence electrons. The summed E-state index contributed by atoms with van der Waals surface area (Å²) in [6.45, 7) is 0. The third kappa shape index (κ3) is 10.9. The number of carbonyl (C=O) groups excluding carboxylic acids is 1. The van der Waals surface area contributed by atoms with Crippen LogP contribution in [0.3, 0.4) is 0 Å². The molecular formula is C2HCeF3O. The molecule has 0 amide bonds. The van der Waals surface area contributed by atoms with E-state index in [9.17, 15) is 13.2 Å². The standard InChI is InChI=1S/C2HF3O.Ce/c3-2(4,5)1-6;/h1H;. The third-order valence-corrected chi connectivity index (χ3v) is 0.134. The Morgan fingerprint density at radius 2 is 1.43 bits per heavy atom. The topological polar surface area (TPSA) is 17.1 Å². The van der Waals surface area contributed by atoms with Gasteiger partial charge in [0.15, 0.2) is 0 Å². The Bertz CT molecular complexity index is 58.4. The first kappa shape index (κ1) is 10.8. The normalized spacial score (nSPS) is 9.57. The quantitative estimate of drug-likeness (QED) is 0.569. The maximum atomic E-state index is 10.4. The van der Waals surface area contributed by atoms with Crippen molar-refractivity contribution in [3.8, 4) is 0 Å². The molecule has 0 saturated carbocycles. The van der Waals surface area contributed by atoms with E-state index in [4.69, 9.17) is 4.79 Å². The van der Waals surface area contributed by atoms with E-state index in [1.165, 1.54) is 0 Å². The fourth-order valence-corrected chi connectivity index (χ4v) is 0. The van der Waals surface area contributed by atoms with Gasteiger partial charge in [-0.15, -0.1) is 0 Å². The van der Waals surface area contributed by atoms with Gasteiger partial charge in [0.2, 0.25) is 6.29 Å². The van der Waals surface area contributed by atoms with Gasteiger partial charge in [0.05, 0.1) is 0 Å². The van der Waals surface area contributed by atoms with Gasteiger partial charge in [-0.3, -0.25) is 4.79 Å². The van der Waals surface area contributed by atoms with Crippen LogP contribution in [0, 0.1) is 41.7 Å². The minimum Gasteiger partial charge on any atom is -0.293 e. The molecule has 0 aliphatic carbocycles. The summed E-state index contributed by atoms with van der Waals surface area (Å²) in [6.07, 6.45) is -5.70. The first-order chi connectivity index (χ1) is 2.56. The van der Waals surface area contributed by atoms with Crippen molar-refractivity contribution < 1.29 is 59.7 Å². The fraction of sp³-hybridized carbons (Fsp3) is 0.500. The Labute approximate surface area is 71.6 Å². The predicted molar refractivity (Wildman–Crippen MR) is 12.1 cm³/mol. The van der Waals surface area contributed by atoms with Gasteiger partial charge in [-0.2, -0.15) is 13.2 Å². The maximum Gasteiger partial charge on any atom is 0.446 e. The third-order valence-electron chi connectivity index (χ3n) is 0.134. The number of halogens is 3. The van der Waals surface area contributed by atoms with Gasteiger partial charge in [-0.1, -0.05) is 0 Å². The molecule has 0 rings (SSSR count). The van der Waals surface area contributed by atoms with Crippen molar-refractivity contribution in [2.75, 3.05) is 0 Å². The van der Waals surface area contributed by atoms with Gasteiger partial charge in [-0.05, 0) is 0 Å². The van der Waals surface area contributed by atoms with Crippen molar-refractivity contribution in [2.24, 2.45) is 0 Å². The summed E-state index contributed by atoms with van der Waals surface area (Å²) in [5, 5.41) is 0. The zero-order valence-electron chi connectivity index (χ0n) is 3.12. The van der Waals surface area contributed by atoms with Gasteiger partial charge >= 0.3 is 6.18 Å². The molecule has 0 unspecified atom stereocenters. The van der Waals surface area contributed by atoms with Crippen LogP contribution in [0.5, 0.6) is 0 Å². The number of hydrogen-bond donors (Lipinski definition) is 0. The largest absolute Gasteiger partial charge is 0.446 e. The van der Waals surface area contributed by atoms with E-state index in [1.54, 1.807) is 0 Å². The molecule has 1 nitrogen and oxygen atoms in total. The van der Waals surface area contributed by atoms with E-state index in [0.29, 0.717) is 0 Å². The monoisotopic (exact) mass is 238 g/mol. The average Bonchev–Trinajstić information content (AvgIpc) is 1.35. The summed E-state index contributed by atoms with van der Waals surface area (Å²) < 4.78 is 31.2. The SMILES string of the molecule is O=CC(F)(F)F.[Ce]. The number of rotatable bonds is 0. The zero-order valence-corrected chi connectivity index (χ0v) is 6.26. The molecule has 0 N–H and O–H groups in total. The first-order valence-corrected chi connectivity index (χ1v) is 1.09. The van der Waals surface area contributed by atoms with Gasteiger partial charge < -0.3 is 0 Å².